The summed E-state index contributed by atoms with van der Waals surface area (Å²) in [6, 6.07) is 22.5. The quantitative estimate of drug-likeness (QED) is 0.169. The summed E-state index contributed by atoms with van der Waals surface area (Å²) >= 11 is 0. The number of halogens is 3. The van der Waals surface area contributed by atoms with Gasteiger partial charge in [-0.25, -0.2) is 13.2 Å². The summed E-state index contributed by atoms with van der Waals surface area (Å²) in [7, 11) is 0. The molecule has 0 saturated carbocycles. The van der Waals surface area contributed by atoms with Crippen LogP contribution in [0.5, 0.6) is 5.75 Å². The summed E-state index contributed by atoms with van der Waals surface area (Å²) in [6.07, 6.45) is 6.69. The lowest BCUT2D eigenvalue weighted by atomic mass is 9.97. The van der Waals surface area contributed by atoms with E-state index in [0.29, 0.717) is 23.3 Å². The maximum atomic E-state index is 14.9. The van der Waals surface area contributed by atoms with Crippen molar-refractivity contribution in [3.63, 3.8) is 0 Å². The molecule has 0 amide bonds. The maximum absolute atomic E-state index is 14.9. The van der Waals surface area contributed by atoms with E-state index in [-0.39, 0.29) is 16.9 Å². The van der Waals surface area contributed by atoms with E-state index in [4.69, 9.17) is 4.74 Å². The van der Waals surface area contributed by atoms with Crippen LogP contribution in [0.4, 0.5) is 13.2 Å². The fourth-order valence-corrected chi connectivity index (χ4v) is 3.97. The number of aryl methyl sites for hydroxylation is 1. The summed E-state index contributed by atoms with van der Waals surface area (Å²) in [5, 5.41) is 0. The minimum atomic E-state index is -0.871. The molecular weight excluding hydrogens is 457 g/mol. The number of unbranched alkanes of at least 4 members (excludes halogenated alkanes) is 2. The number of benzene rings is 4. The molecule has 4 aromatic carbocycles. The van der Waals surface area contributed by atoms with Crippen molar-refractivity contribution in [1.82, 2.24) is 0 Å². The molecule has 0 radical (unpaired) electrons. The molecule has 184 valence electrons. The molecule has 0 heterocycles. The topological polar surface area (TPSA) is 9.23 Å². The van der Waals surface area contributed by atoms with Crippen LogP contribution in [0.2, 0.25) is 0 Å². The van der Waals surface area contributed by atoms with Crippen LogP contribution in [0.25, 0.3) is 34.4 Å². The predicted octanol–water partition coefficient (Wildman–Crippen LogP) is 9.49. The van der Waals surface area contributed by atoms with Gasteiger partial charge in [0.15, 0.2) is 23.2 Å². The van der Waals surface area contributed by atoms with Gasteiger partial charge in [0.1, 0.15) is 0 Å². The lowest BCUT2D eigenvalue weighted by molar-refractivity contribution is 0.291. The Morgan fingerprint density at radius 3 is 1.81 bits per heavy atom. The van der Waals surface area contributed by atoms with Crippen molar-refractivity contribution in [3.05, 3.63) is 113 Å². The van der Waals surface area contributed by atoms with Gasteiger partial charge >= 0.3 is 0 Å². The number of rotatable bonds is 9. The molecule has 1 nitrogen and oxygen atoms in total. The van der Waals surface area contributed by atoms with E-state index in [1.54, 1.807) is 54.6 Å². The van der Waals surface area contributed by atoms with Gasteiger partial charge < -0.3 is 4.74 Å². The normalized spacial score (nSPS) is 11.2. The zero-order chi connectivity index (χ0) is 25.5. The van der Waals surface area contributed by atoms with Gasteiger partial charge in [-0.05, 0) is 47.7 Å². The third kappa shape index (κ3) is 6.06. The van der Waals surface area contributed by atoms with Crippen LogP contribution in [0, 0.1) is 24.4 Å². The number of ether oxygens (including phenoxy) is 1. The highest BCUT2D eigenvalue weighted by Crippen LogP contribution is 2.32. The van der Waals surface area contributed by atoms with E-state index in [1.807, 2.05) is 37.3 Å². The molecule has 0 N–H and O–H groups in total. The second kappa shape index (κ2) is 11.8. The average molecular weight is 487 g/mol. The second-order valence-electron chi connectivity index (χ2n) is 8.86. The van der Waals surface area contributed by atoms with E-state index in [9.17, 15) is 13.2 Å². The lowest BCUT2D eigenvalue weighted by Crippen LogP contribution is -1.99. The van der Waals surface area contributed by atoms with E-state index in [2.05, 4.69) is 6.92 Å². The molecule has 0 bridgehead atoms. The van der Waals surface area contributed by atoms with Gasteiger partial charge in [-0.1, -0.05) is 104 Å². The molecule has 0 unspecified atom stereocenters. The van der Waals surface area contributed by atoms with Gasteiger partial charge in [-0.15, -0.1) is 0 Å². The molecule has 0 aromatic heterocycles. The van der Waals surface area contributed by atoms with E-state index >= 15 is 0 Å². The van der Waals surface area contributed by atoms with Crippen LogP contribution in [0.1, 0.15) is 42.9 Å². The third-order valence-corrected chi connectivity index (χ3v) is 6.10. The van der Waals surface area contributed by atoms with Gasteiger partial charge in [-0.3, -0.25) is 0 Å². The molecule has 4 rings (SSSR count). The highest BCUT2D eigenvalue weighted by Gasteiger charge is 2.16. The van der Waals surface area contributed by atoms with Gasteiger partial charge in [0.05, 0.1) is 6.61 Å². The van der Waals surface area contributed by atoms with Crippen molar-refractivity contribution in [2.24, 2.45) is 0 Å². The molecule has 4 heteroatoms. The summed E-state index contributed by atoms with van der Waals surface area (Å²) < 4.78 is 49.6. The Bertz CT molecular complexity index is 1340. The predicted molar refractivity (Wildman–Crippen MR) is 142 cm³/mol. The monoisotopic (exact) mass is 486 g/mol. The fourth-order valence-electron chi connectivity index (χ4n) is 3.97. The Kier molecular flexibility index (Phi) is 8.27. The SMILES string of the molecule is CCCCCOc1ccc(/C=C/c2ccc(-c3ccc(-c4ccc(C)cc4)c(F)c3F)cc2)cc1F. The molecular formula is C32H29F3O. The van der Waals surface area contributed by atoms with Crippen molar-refractivity contribution < 1.29 is 17.9 Å². The molecule has 0 fully saturated rings. The summed E-state index contributed by atoms with van der Waals surface area (Å²) in [6.45, 7) is 4.56. The summed E-state index contributed by atoms with van der Waals surface area (Å²) in [4.78, 5) is 0. The number of hydrogen-bond acceptors (Lipinski definition) is 1. The first-order chi connectivity index (χ1) is 17.5. The zero-order valence-corrected chi connectivity index (χ0v) is 20.5. The van der Waals surface area contributed by atoms with E-state index in [1.165, 1.54) is 6.07 Å². The first-order valence-corrected chi connectivity index (χ1v) is 12.2. The van der Waals surface area contributed by atoms with E-state index in [0.717, 1.165) is 30.4 Å². The second-order valence-corrected chi connectivity index (χ2v) is 8.86. The smallest absolute Gasteiger partial charge is 0.167 e. The third-order valence-electron chi connectivity index (χ3n) is 6.10. The molecule has 0 spiro atoms. The van der Waals surface area contributed by atoms with Crippen molar-refractivity contribution in [1.29, 1.82) is 0 Å². The van der Waals surface area contributed by atoms with Gasteiger partial charge in [0, 0.05) is 11.1 Å². The van der Waals surface area contributed by atoms with Crippen LogP contribution in [-0.2, 0) is 0 Å². The first-order valence-electron chi connectivity index (χ1n) is 12.2. The molecule has 0 atom stereocenters. The van der Waals surface area contributed by atoms with Crippen LogP contribution < -0.4 is 4.74 Å². The van der Waals surface area contributed by atoms with Crippen LogP contribution >= 0.6 is 0 Å². The summed E-state index contributed by atoms with van der Waals surface area (Å²) in [5.41, 5.74) is 4.27. The molecule has 36 heavy (non-hydrogen) atoms. The van der Waals surface area contributed by atoms with Crippen molar-refractivity contribution in [2.45, 2.75) is 33.1 Å². The molecule has 4 aromatic rings. The van der Waals surface area contributed by atoms with E-state index < -0.39 is 17.5 Å². The molecule has 0 saturated heterocycles. The molecule has 0 aliphatic heterocycles. The minimum Gasteiger partial charge on any atom is -0.491 e. The summed E-state index contributed by atoms with van der Waals surface area (Å²) in [5.74, 6) is -1.87. The van der Waals surface area contributed by atoms with Crippen molar-refractivity contribution in [2.75, 3.05) is 6.61 Å². The Hall–Kier alpha value is -3.79. The zero-order valence-electron chi connectivity index (χ0n) is 20.5. The fraction of sp³-hybridized carbons (Fsp3) is 0.188. The van der Waals surface area contributed by atoms with Crippen molar-refractivity contribution in [3.8, 4) is 28.0 Å². The van der Waals surface area contributed by atoms with Crippen LogP contribution in [-0.4, -0.2) is 6.61 Å². The van der Waals surface area contributed by atoms with Crippen molar-refractivity contribution >= 4 is 12.2 Å². The minimum absolute atomic E-state index is 0.204. The van der Waals surface area contributed by atoms with Crippen LogP contribution in [0.3, 0.4) is 0 Å². The Morgan fingerprint density at radius 2 is 1.22 bits per heavy atom. The van der Waals surface area contributed by atoms with Gasteiger partial charge in [0.2, 0.25) is 0 Å². The lowest BCUT2D eigenvalue weighted by Gasteiger charge is -2.10. The highest BCUT2D eigenvalue weighted by atomic mass is 19.2. The largest absolute Gasteiger partial charge is 0.491 e. The molecule has 0 aliphatic carbocycles. The highest BCUT2D eigenvalue weighted by molar-refractivity contribution is 5.74. The van der Waals surface area contributed by atoms with Gasteiger partial charge in [0.25, 0.3) is 0 Å². The Morgan fingerprint density at radius 1 is 0.667 bits per heavy atom. The number of hydrogen-bond donors (Lipinski definition) is 0. The standard InChI is InChI=1S/C32H29F3O/c1-3-4-5-20-36-30-19-12-24(21-29(30)33)9-8-23-10-15-26(16-11-23)28-18-17-27(31(34)32(28)35)25-13-6-22(2)7-14-25/h6-19,21H,3-5,20H2,1-2H3/b9-8+. The average Bonchev–Trinajstić information content (AvgIpc) is 2.89. The van der Waals surface area contributed by atoms with Crippen LogP contribution in [0.15, 0.2) is 78.9 Å². The first kappa shape index (κ1) is 25.3. The Balaban J connectivity index is 1.46. The Labute approximate surface area is 210 Å². The maximum Gasteiger partial charge on any atom is 0.167 e. The molecule has 0 aliphatic rings. The van der Waals surface area contributed by atoms with Gasteiger partial charge in [-0.2, -0.15) is 0 Å².